The van der Waals surface area contributed by atoms with E-state index in [9.17, 15) is 18.0 Å². The highest BCUT2D eigenvalue weighted by atomic mass is 32.2. The van der Waals surface area contributed by atoms with E-state index in [1.807, 2.05) is 13.8 Å². The summed E-state index contributed by atoms with van der Waals surface area (Å²) < 4.78 is 28.7. The van der Waals surface area contributed by atoms with Crippen LogP contribution in [0.4, 0.5) is 0 Å². The number of carbonyl (C=O) groups is 2. The summed E-state index contributed by atoms with van der Waals surface area (Å²) in [5.41, 5.74) is -0.511. The molecule has 0 aromatic carbocycles. The average molecular weight is 367 g/mol. The van der Waals surface area contributed by atoms with Gasteiger partial charge in [0.1, 0.15) is 21.1 Å². The minimum Gasteiger partial charge on any atom is -0.332 e. The first-order chi connectivity index (χ1) is 11.5. The van der Waals surface area contributed by atoms with Crippen LogP contribution in [0.1, 0.15) is 36.8 Å². The number of hydrogen-bond donors (Lipinski definition) is 1. The lowest BCUT2D eigenvalue weighted by atomic mass is 9.87. The van der Waals surface area contributed by atoms with E-state index < -0.39 is 21.2 Å². The first kappa shape index (κ1) is 17.8. The standard InChI is InChI=1S/C16H21N3O5S/c1-10(2)15(3)14(21)18-16(24-8-9-25(4,22)23)12-11(6-5-7-17-12)13(20)19(15)16/h5-7,10H,8-9H2,1-4H3,(H,18,21). The van der Waals surface area contributed by atoms with Crippen molar-refractivity contribution < 1.29 is 22.7 Å². The van der Waals surface area contributed by atoms with Gasteiger partial charge in [0, 0.05) is 12.5 Å². The number of carbonyl (C=O) groups excluding carboxylic acids is 2. The van der Waals surface area contributed by atoms with Crippen LogP contribution in [0.15, 0.2) is 18.3 Å². The van der Waals surface area contributed by atoms with Gasteiger partial charge in [-0.05, 0) is 25.0 Å². The van der Waals surface area contributed by atoms with Gasteiger partial charge in [-0.15, -0.1) is 0 Å². The van der Waals surface area contributed by atoms with Gasteiger partial charge in [0.2, 0.25) is 5.91 Å². The Morgan fingerprint density at radius 1 is 1.36 bits per heavy atom. The highest BCUT2D eigenvalue weighted by Crippen LogP contribution is 2.48. The highest BCUT2D eigenvalue weighted by Gasteiger charge is 2.68. The molecule has 9 heteroatoms. The molecule has 1 fully saturated rings. The quantitative estimate of drug-likeness (QED) is 0.800. The van der Waals surface area contributed by atoms with Crippen LogP contribution in [0.25, 0.3) is 0 Å². The molecule has 3 rings (SSSR count). The fourth-order valence-corrected chi connectivity index (χ4v) is 3.67. The van der Waals surface area contributed by atoms with Crippen LogP contribution in [-0.2, 0) is 25.2 Å². The van der Waals surface area contributed by atoms with E-state index in [1.165, 1.54) is 11.1 Å². The number of ether oxygens (including phenoxy) is 1. The molecule has 1 aromatic rings. The second-order valence-electron chi connectivity index (χ2n) is 6.92. The van der Waals surface area contributed by atoms with Crippen molar-refractivity contribution in [2.45, 2.75) is 32.2 Å². The van der Waals surface area contributed by atoms with Gasteiger partial charge in [-0.1, -0.05) is 13.8 Å². The number of sulfone groups is 1. The van der Waals surface area contributed by atoms with Crippen molar-refractivity contribution in [3.63, 3.8) is 0 Å². The van der Waals surface area contributed by atoms with Crippen molar-refractivity contribution in [1.29, 1.82) is 0 Å². The van der Waals surface area contributed by atoms with Gasteiger partial charge < -0.3 is 10.1 Å². The van der Waals surface area contributed by atoms with Gasteiger partial charge in [0.05, 0.1) is 17.9 Å². The van der Waals surface area contributed by atoms with E-state index in [0.29, 0.717) is 5.56 Å². The third kappa shape index (κ3) is 2.44. The molecule has 0 radical (unpaired) electrons. The first-order valence-electron chi connectivity index (χ1n) is 7.98. The number of hydrogen-bond acceptors (Lipinski definition) is 6. The lowest BCUT2D eigenvalue weighted by molar-refractivity contribution is -0.152. The van der Waals surface area contributed by atoms with Crippen molar-refractivity contribution in [2.75, 3.05) is 18.6 Å². The Labute approximate surface area is 146 Å². The summed E-state index contributed by atoms with van der Waals surface area (Å²) in [5.74, 6) is -2.71. The molecule has 136 valence electrons. The minimum absolute atomic E-state index is 0.174. The molecular weight excluding hydrogens is 346 g/mol. The molecular formula is C16H21N3O5S. The Kier molecular flexibility index (Phi) is 3.92. The van der Waals surface area contributed by atoms with Crippen LogP contribution in [0, 0.1) is 5.92 Å². The number of pyridine rings is 1. The van der Waals surface area contributed by atoms with Crippen molar-refractivity contribution in [3.05, 3.63) is 29.6 Å². The SMILES string of the molecule is CC(C)C1(C)C(=O)NC2(OCCS(C)(=O)=O)c3ncccc3C(=O)N21. The number of rotatable bonds is 5. The van der Waals surface area contributed by atoms with Crippen LogP contribution in [0.2, 0.25) is 0 Å². The topological polar surface area (TPSA) is 106 Å². The smallest absolute Gasteiger partial charge is 0.271 e. The lowest BCUT2D eigenvalue weighted by Crippen LogP contribution is -2.56. The molecule has 2 aliphatic rings. The van der Waals surface area contributed by atoms with E-state index in [0.717, 1.165) is 6.26 Å². The van der Waals surface area contributed by atoms with E-state index in [-0.39, 0.29) is 35.8 Å². The third-order valence-corrected chi connectivity index (χ3v) is 5.88. The maximum atomic E-state index is 13.0. The maximum absolute atomic E-state index is 13.0. The summed E-state index contributed by atoms with van der Waals surface area (Å²) in [6.45, 7) is 5.19. The molecule has 0 spiro atoms. The predicted molar refractivity (Wildman–Crippen MR) is 89.1 cm³/mol. The average Bonchev–Trinajstić information content (AvgIpc) is 2.89. The van der Waals surface area contributed by atoms with Crippen LogP contribution in [0.5, 0.6) is 0 Å². The summed E-state index contributed by atoms with van der Waals surface area (Å²) in [7, 11) is -3.26. The largest absolute Gasteiger partial charge is 0.332 e. The number of aromatic nitrogens is 1. The Morgan fingerprint density at radius 2 is 2.04 bits per heavy atom. The lowest BCUT2D eigenvalue weighted by Gasteiger charge is -2.39. The molecule has 1 N–H and O–H groups in total. The fraction of sp³-hybridized carbons (Fsp3) is 0.562. The molecule has 25 heavy (non-hydrogen) atoms. The van der Waals surface area contributed by atoms with Gasteiger partial charge in [-0.25, -0.2) is 8.42 Å². The van der Waals surface area contributed by atoms with Crippen molar-refractivity contribution in [1.82, 2.24) is 15.2 Å². The minimum atomic E-state index is -3.26. The Bertz CT molecular complexity index is 853. The van der Waals surface area contributed by atoms with Gasteiger partial charge in [0.15, 0.2) is 0 Å². The molecule has 3 heterocycles. The zero-order valence-corrected chi connectivity index (χ0v) is 15.4. The zero-order chi connectivity index (χ0) is 18.6. The molecule has 1 aromatic heterocycles. The molecule has 2 aliphatic heterocycles. The van der Waals surface area contributed by atoms with Gasteiger partial charge in [-0.3, -0.25) is 19.5 Å². The number of nitrogens with one attached hydrogen (secondary N) is 1. The van der Waals surface area contributed by atoms with Gasteiger partial charge in [-0.2, -0.15) is 0 Å². The number of fused-ring (bicyclic) bond motifs is 3. The Morgan fingerprint density at radius 3 is 2.64 bits per heavy atom. The van der Waals surface area contributed by atoms with E-state index in [1.54, 1.807) is 19.1 Å². The van der Waals surface area contributed by atoms with E-state index in [2.05, 4.69) is 10.3 Å². The molecule has 2 unspecified atom stereocenters. The molecule has 8 nitrogen and oxygen atoms in total. The van der Waals surface area contributed by atoms with Crippen molar-refractivity contribution in [2.24, 2.45) is 5.92 Å². The van der Waals surface area contributed by atoms with E-state index >= 15 is 0 Å². The van der Waals surface area contributed by atoms with Crippen LogP contribution in [0.3, 0.4) is 0 Å². The van der Waals surface area contributed by atoms with E-state index in [4.69, 9.17) is 4.74 Å². The second-order valence-corrected chi connectivity index (χ2v) is 9.18. The number of nitrogens with zero attached hydrogens (tertiary/aromatic N) is 2. The van der Waals surface area contributed by atoms with Crippen molar-refractivity contribution >= 4 is 21.7 Å². The third-order valence-electron chi connectivity index (χ3n) is 4.97. The number of amides is 2. The fourth-order valence-electron chi connectivity index (χ4n) is 3.28. The van der Waals surface area contributed by atoms with Crippen LogP contribution >= 0.6 is 0 Å². The van der Waals surface area contributed by atoms with Gasteiger partial charge in [0.25, 0.3) is 11.8 Å². The molecule has 1 saturated heterocycles. The second kappa shape index (κ2) is 5.50. The summed E-state index contributed by atoms with van der Waals surface area (Å²) in [4.78, 5) is 31.4. The Hall–Kier alpha value is -2.00. The molecule has 0 aliphatic carbocycles. The van der Waals surface area contributed by atoms with Gasteiger partial charge >= 0.3 is 0 Å². The first-order valence-corrected chi connectivity index (χ1v) is 10.0. The molecule has 2 atom stereocenters. The molecule has 2 amide bonds. The Balaban J connectivity index is 2.11. The normalized spacial score (nSPS) is 28.3. The maximum Gasteiger partial charge on any atom is 0.271 e. The summed E-state index contributed by atoms with van der Waals surface area (Å²) in [5, 5.41) is 2.76. The highest BCUT2D eigenvalue weighted by molar-refractivity contribution is 7.90. The summed E-state index contributed by atoms with van der Waals surface area (Å²) in [6, 6.07) is 3.26. The zero-order valence-electron chi connectivity index (χ0n) is 14.6. The van der Waals surface area contributed by atoms with Crippen LogP contribution < -0.4 is 5.32 Å². The summed E-state index contributed by atoms with van der Waals surface area (Å²) >= 11 is 0. The predicted octanol–water partition coefficient (Wildman–Crippen LogP) is 0.253. The van der Waals surface area contributed by atoms with Crippen molar-refractivity contribution in [3.8, 4) is 0 Å². The monoisotopic (exact) mass is 367 g/mol. The molecule has 0 saturated carbocycles. The summed E-state index contributed by atoms with van der Waals surface area (Å²) in [6.07, 6.45) is 2.61. The van der Waals surface area contributed by atoms with Crippen LogP contribution in [-0.4, -0.2) is 54.3 Å². The molecule has 0 bridgehead atoms.